The van der Waals surface area contributed by atoms with Gasteiger partial charge in [-0.1, -0.05) is 25.1 Å². The molecule has 3 heteroatoms. The third-order valence-electron chi connectivity index (χ3n) is 2.50. The maximum Gasteiger partial charge on any atom is 0.128 e. The van der Waals surface area contributed by atoms with Crippen molar-refractivity contribution in [2.45, 2.75) is 13.0 Å². The van der Waals surface area contributed by atoms with E-state index in [-0.39, 0.29) is 11.9 Å². The van der Waals surface area contributed by atoms with Crippen LogP contribution in [0.1, 0.15) is 24.1 Å². The minimum atomic E-state index is -0.153. The molecule has 16 heavy (non-hydrogen) atoms. The topological polar surface area (TPSA) is 12.0 Å². The van der Waals surface area contributed by atoms with Gasteiger partial charge in [-0.3, -0.25) is 0 Å². The molecule has 0 aliphatic rings. The summed E-state index contributed by atoms with van der Waals surface area (Å²) >= 11 is 1.63. The van der Waals surface area contributed by atoms with Gasteiger partial charge in [0.1, 0.15) is 5.82 Å². The Morgan fingerprint density at radius 3 is 2.75 bits per heavy atom. The molecule has 0 saturated carbocycles. The fourth-order valence-electron chi connectivity index (χ4n) is 1.76. The van der Waals surface area contributed by atoms with Crippen molar-refractivity contribution in [1.29, 1.82) is 0 Å². The summed E-state index contributed by atoms with van der Waals surface area (Å²) in [5, 5.41) is 7.38. The first-order valence-corrected chi connectivity index (χ1v) is 6.27. The highest BCUT2D eigenvalue weighted by atomic mass is 32.1. The molecule has 1 atom stereocenters. The molecule has 1 aromatic carbocycles. The molecule has 0 aliphatic carbocycles. The van der Waals surface area contributed by atoms with Crippen molar-refractivity contribution >= 4 is 11.3 Å². The molecule has 0 radical (unpaired) electrons. The molecule has 1 aromatic heterocycles. The van der Waals surface area contributed by atoms with Gasteiger partial charge in [-0.05, 0) is 35.0 Å². The molecule has 1 unspecified atom stereocenters. The summed E-state index contributed by atoms with van der Waals surface area (Å²) in [5.41, 5.74) is 1.83. The summed E-state index contributed by atoms with van der Waals surface area (Å²) in [7, 11) is 0. The van der Waals surface area contributed by atoms with Crippen molar-refractivity contribution in [2.24, 2.45) is 0 Å². The summed E-state index contributed by atoms with van der Waals surface area (Å²) in [6, 6.07) is 8.92. The van der Waals surface area contributed by atoms with E-state index < -0.39 is 0 Å². The highest BCUT2D eigenvalue weighted by molar-refractivity contribution is 7.08. The molecule has 0 spiro atoms. The maximum atomic E-state index is 13.7. The summed E-state index contributed by atoms with van der Waals surface area (Å²) in [6.07, 6.45) is 0. The Bertz CT molecular complexity index is 439. The number of nitrogens with one attached hydrogen (secondary N) is 1. The Morgan fingerprint density at radius 2 is 2.12 bits per heavy atom. The fourth-order valence-corrected chi connectivity index (χ4v) is 2.45. The van der Waals surface area contributed by atoms with Crippen LogP contribution in [0.5, 0.6) is 0 Å². The first kappa shape index (κ1) is 11.3. The van der Waals surface area contributed by atoms with Gasteiger partial charge in [0.25, 0.3) is 0 Å². The number of benzene rings is 1. The lowest BCUT2D eigenvalue weighted by atomic mass is 10.0. The van der Waals surface area contributed by atoms with Gasteiger partial charge in [0, 0.05) is 5.56 Å². The molecular weight excluding hydrogens is 221 g/mol. The van der Waals surface area contributed by atoms with Crippen molar-refractivity contribution < 1.29 is 4.39 Å². The van der Waals surface area contributed by atoms with Crippen LogP contribution in [0.2, 0.25) is 0 Å². The van der Waals surface area contributed by atoms with Crippen LogP contribution in [0, 0.1) is 5.82 Å². The molecule has 0 bridgehead atoms. The lowest BCUT2D eigenvalue weighted by molar-refractivity contribution is 0.560. The second kappa shape index (κ2) is 5.23. The van der Waals surface area contributed by atoms with Crippen LogP contribution < -0.4 is 5.32 Å². The van der Waals surface area contributed by atoms with Crippen molar-refractivity contribution in [3.05, 3.63) is 58.0 Å². The van der Waals surface area contributed by atoms with Gasteiger partial charge in [0.2, 0.25) is 0 Å². The van der Waals surface area contributed by atoms with E-state index in [4.69, 9.17) is 0 Å². The third kappa shape index (κ3) is 2.31. The summed E-state index contributed by atoms with van der Waals surface area (Å²) < 4.78 is 13.7. The monoisotopic (exact) mass is 235 g/mol. The minimum Gasteiger partial charge on any atom is -0.306 e. The van der Waals surface area contributed by atoms with Crippen LogP contribution in [-0.2, 0) is 0 Å². The zero-order valence-corrected chi connectivity index (χ0v) is 9.93. The van der Waals surface area contributed by atoms with Gasteiger partial charge >= 0.3 is 0 Å². The predicted molar refractivity (Wildman–Crippen MR) is 66.2 cm³/mol. The van der Waals surface area contributed by atoms with Crippen LogP contribution in [0.15, 0.2) is 41.1 Å². The van der Waals surface area contributed by atoms with E-state index in [1.807, 2.05) is 30.5 Å². The molecule has 2 rings (SSSR count). The fraction of sp³-hybridized carbons (Fsp3) is 0.231. The lowest BCUT2D eigenvalue weighted by Crippen LogP contribution is -2.22. The summed E-state index contributed by atoms with van der Waals surface area (Å²) in [4.78, 5) is 0. The molecule has 1 heterocycles. The average Bonchev–Trinajstić information content (AvgIpc) is 2.80. The van der Waals surface area contributed by atoms with Gasteiger partial charge < -0.3 is 5.32 Å². The van der Waals surface area contributed by atoms with Gasteiger partial charge in [0.05, 0.1) is 6.04 Å². The molecule has 1 N–H and O–H groups in total. The summed E-state index contributed by atoms with van der Waals surface area (Å²) in [5.74, 6) is -0.153. The molecule has 0 saturated heterocycles. The Labute approximate surface area is 98.9 Å². The highest BCUT2D eigenvalue weighted by Crippen LogP contribution is 2.25. The van der Waals surface area contributed by atoms with Crippen molar-refractivity contribution in [1.82, 2.24) is 5.32 Å². The lowest BCUT2D eigenvalue weighted by Gasteiger charge is -2.17. The van der Waals surface area contributed by atoms with Gasteiger partial charge in [-0.2, -0.15) is 11.3 Å². The summed E-state index contributed by atoms with van der Waals surface area (Å²) in [6.45, 7) is 2.84. The van der Waals surface area contributed by atoms with E-state index in [0.717, 1.165) is 12.1 Å². The van der Waals surface area contributed by atoms with E-state index in [1.54, 1.807) is 17.4 Å². The first-order chi connectivity index (χ1) is 7.83. The van der Waals surface area contributed by atoms with Crippen LogP contribution in [0.25, 0.3) is 0 Å². The van der Waals surface area contributed by atoms with Crippen molar-refractivity contribution in [3.63, 3.8) is 0 Å². The first-order valence-electron chi connectivity index (χ1n) is 5.33. The Balaban J connectivity index is 2.37. The van der Waals surface area contributed by atoms with Crippen LogP contribution >= 0.6 is 11.3 Å². The van der Waals surface area contributed by atoms with Gasteiger partial charge in [-0.15, -0.1) is 0 Å². The van der Waals surface area contributed by atoms with E-state index in [1.165, 1.54) is 6.07 Å². The van der Waals surface area contributed by atoms with E-state index in [2.05, 4.69) is 10.7 Å². The quantitative estimate of drug-likeness (QED) is 0.854. The Kier molecular flexibility index (Phi) is 3.70. The second-order valence-corrected chi connectivity index (χ2v) is 4.35. The third-order valence-corrected chi connectivity index (χ3v) is 3.20. The van der Waals surface area contributed by atoms with E-state index in [0.29, 0.717) is 5.56 Å². The molecule has 0 aliphatic heterocycles. The van der Waals surface area contributed by atoms with Crippen LogP contribution in [0.4, 0.5) is 4.39 Å². The van der Waals surface area contributed by atoms with Crippen LogP contribution in [0.3, 0.4) is 0 Å². The number of hydrogen-bond acceptors (Lipinski definition) is 2. The SMILES string of the molecule is CCNC(c1ccsc1)c1ccccc1F. The molecule has 0 fully saturated rings. The smallest absolute Gasteiger partial charge is 0.128 e. The zero-order chi connectivity index (χ0) is 11.4. The highest BCUT2D eigenvalue weighted by Gasteiger charge is 2.16. The zero-order valence-electron chi connectivity index (χ0n) is 9.11. The number of thiophene rings is 1. The Morgan fingerprint density at radius 1 is 1.31 bits per heavy atom. The number of halogens is 1. The number of rotatable bonds is 4. The molecule has 2 aromatic rings. The molecule has 1 nitrogen and oxygen atoms in total. The Hall–Kier alpha value is -1.19. The predicted octanol–water partition coefficient (Wildman–Crippen LogP) is 3.59. The van der Waals surface area contributed by atoms with Crippen molar-refractivity contribution in [2.75, 3.05) is 6.54 Å². The normalized spacial score (nSPS) is 12.6. The maximum absolute atomic E-state index is 13.7. The molecule has 84 valence electrons. The van der Waals surface area contributed by atoms with E-state index >= 15 is 0 Å². The largest absolute Gasteiger partial charge is 0.306 e. The molecule has 0 amide bonds. The standard InChI is InChI=1S/C13H14FNS/c1-2-15-13(10-7-8-16-9-10)11-5-3-4-6-12(11)14/h3-9,13,15H,2H2,1H3. The van der Waals surface area contributed by atoms with Crippen molar-refractivity contribution in [3.8, 4) is 0 Å². The molecular formula is C13H14FNS. The second-order valence-electron chi connectivity index (χ2n) is 3.57. The van der Waals surface area contributed by atoms with Gasteiger partial charge in [0.15, 0.2) is 0 Å². The van der Waals surface area contributed by atoms with Gasteiger partial charge in [-0.25, -0.2) is 4.39 Å². The average molecular weight is 235 g/mol. The minimum absolute atomic E-state index is 0.0440. The number of hydrogen-bond donors (Lipinski definition) is 1. The van der Waals surface area contributed by atoms with Crippen LogP contribution in [-0.4, -0.2) is 6.54 Å². The van der Waals surface area contributed by atoms with E-state index in [9.17, 15) is 4.39 Å².